The predicted molar refractivity (Wildman–Crippen MR) is 164 cm³/mol. The molecule has 1 N–H and O–H groups in total. The molecule has 0 unspecified atom stereocenters. The third kappa shape index (κ3) is 7.16. The van der Waals surface area contributed by atoms with Crippen LogP contribution in [0.4, 0.5) is 11.4 Å². The van der Waals surface area contributed by atoms with Crippen molar-refractivity contribution in [2.45, 2.75) is 31.2 Å². The molecule has 3 aromatic carbocycles. The van der Waals surface area contributed by atoms with Crippen molar-refractivity contribution < 1.29 is 28.0 Å². The molecule has 1 aromatic heterocycles. The average Bonchev–Trinajstić information content (AvgIpc) is 3.30. The molecule has 1 aliphatic heterocycles. The lowest BCUT2D eigenvalue weighted by atomic mass is 10.1. The highest BCUT2D eigenvalue weighted by atomic mass is 35.5. The molecule has 1 fully saturated rings. The summed E-state index contributed by atoms with van der Waals surface area (Å²) < 4.78 is 32.6. The van der Waals surface area contributed by atoms with Gasteiger partial charge in [-0.1, -0.05) is 66.2 Å². The fourth-order valence-corrected chi connectivity index (χ4v) is 7.78. The first-order valence-corrected chi connectivity index (χ1v) is 16.2. The molecule has 223 valence electrons. The Bertz CT molecular complexity index is 1740. The number of para-hydroxylation sites is 1. The van der Waals surface area contributed by atoms with Gasteiger partial charge < -0.3 is 10.1 Å². The molecular weight excluding hydrogens is 614 g/mol. The van der Waals surface area contributed by atoms with E-state index in [1.807, 2.05) is 30.3 Å². The highest BCUT2D eigenvalue weighted by Crippen LogP contribution is 2.46. The number of piperidine rings is 1. The van der Waals surface area contributed by atoms with Crippen molar-refractivity contribution in [3.05, 3.63) is 110 Å². The van der Waals surface area contributed by atoms with Crippen molar-refractivity contribution in [2.75, 3.05) is 18.4 Å². The molecule has 43 heavy (non-hydrogen) atoms. The number of thiophene rings is 1. The number of carbonyl (C=O) groups excluding carboxylic acids is 1. The number of nitro groups is 1. The van der Waals surface area contributed by atoms with Crippen molar-refractivity contribution >= 4 is 50.3 Å². The van der Waals surface area contributed by atoms with Crippen LogP contribution < -0.4 is 5.32 Å². The Balaban J connectivity index is 1.22. The van der Waals surface area contributed by atoms with Gasteiger partial charge in [-0.05, 0) is 42.2 Å². The van der Waals surface area contributed by atoms with Gasteiger partial charge in [0.25, 0.3) is 5.69 Å². The minimum Gasteiger partial charge on any atom is -0.456 e. The lowest BCUT2D eigenvalue weighted by molar-refractivity contribution is -0.385. The first kappa shape index (κ1) is 30.5. The second kappa shape index (κ2) is 13.1. The van der Waals surface area contributed by atoms with Gasteiger partial charge in [0.2, 0.25) is 15.8 Å². The van der Waals surface area contributed by atoms with Crippen molar-refractivity contribution in [1.82, 2.24) is 4.31 Å². The van der Waals surface area contributed by atoms with E-state index in [1.165, 1.54) is 22.5 Å². The number of ether oxygens (including phenoxy) is 1. The van der Waals surface area contributed by atoms with E-state index >= 15 is 0 Å². The SMILES string of the molecule is [O]c1c(C(=O)OCc2ccccc2[N+](=O)[O-])sc(-c2cccc(NC3CCN(S(=O)(=O)Cc4ccccc4)CC3)c2)c1Cl. The lowest BCUT2D eigenvalue weighted by Gasteiger charge is -2.32. The van der Waals surface area contributed by atoms with Crippen LogP contribution in [-0.2, 0) is 32.2 Å². The first-order valence-electron chi connectivity index (χ1n) is 13.4. The minimum atomic E-state index is -3.42. The highest BCUT2D eigenvalue weighted by molar-refractivity contribution is 7.88. The van der Waals surface area contributed by atoms with Crippen LogP contribution in [0, 0.1) is 10.1 Å². The molecule has 1 aliphatic rings. The van der Waals surface area contributed by atoms with Crippen LogP contribution in [0.1, 0.15) is 33.6 Å². The normalized spacial score (nSPS) is 14.3. The van der Waals surface area contributed by atoms with Crippen LogP contribution in [0.25, 0.3) is 10.4 Å². The molecule has 0 atom stereocenters. The van der Waals surface area contributed by atoms with Gasteiger partial charge in [0.1, 0.15) is 11.6 Å². The van der Waals surface area contributed by atoms with E-state index in [4.69, 9.17) is 16.3 Å². The number of benzene rings is 3. The second-order valence-electron chi connectivity index (χ2n) is 10.0. The quantitative estimate of drug-likeness (QED) is 0.113. The number of halogens is 1. The number of nitrogens with one attached hydrogen (secondary N) is 1. The molecule has 0 spiro atoms. The second-order valence-corrected chi connectivity index (χ2v) is 13.4. The number of anilines is 1. The van der Waals surface area contributed by atoms with E-state index in [0.29, 0.717) is 36.4 Å². The summed E-state index contributed by atoms with van der Waals surface area (Å²) in [6, 6.07) is 22.3. The smallest absolute Gasteiger partial charge is 0.352 e. The molecule has 0 saturated carbocycles. The summed E-state index contributed by atoms with van der Waals surface area (Å²) in [5.41, 5.74) is 2.16. The topological polar surface area (TPSA) is 139 Å². The Labute approximate surface area is 257 Å². The fourth-order valence-electron chi connectivity index (χ4n) is 4.88. The number of hydrogen-bond acceptors (Lipinski definition) is 8. The van der Waals surface area contributed by atoms with Gasteiger partial charge in [0, 0.05) is 30.9 Å². The lowest BCUT2D eigenvalue weighted by Crippen LogP contribution is -2.42. The van der Waals surface area contributed by atoms with Crippen molar-refractivity contribution in [3.8, 4) is 16.2 Å². The number of esters is 1. The maximum atomic E-state index is 12.9. The third-order valence-corrected chi connectivity index (χ3v) is 10.6. The van der Waals surface area contributed by atoms with Crippen LogP contribution in [0.5, 0.6) is 5.75 Å². The van der Waals surface area contributed by atoms with Crippen LogP contribution in [0.15, 0.2) is 78.9 Å². The zero-order chi connectivity index (χ0) is 30.6. The summed E-state index contributed by atoms with van der Waals surface area (Å²) in [5, 5.41) is 27.4. The van der Waals surface area contributed by atoms with E-state index in [0.717, 1.165) is 22.6 Å². The van der Waals surface area contributed by atoms with Crippen LogP contribution in [0.2, 0.25) is 5.02 Å². The number of hydrogen-bond donors (Lipinski definition) is 1. The number of carbonyl (C=O) groups is 1. The molecule has 5 rings (SSSR count). The summed E-state index contributed by atoms with van der Waals surface area (Å²) in [4.78, 5) is 23.6. The number of rotatable bonds is 10. The van der Waals surface area contributed by atoms with Gasteiger partial charge in [0.15, 0.2) is 4.88 Å². The van der Waals surface area contributed by atoms with Crippen molar-refractivity contribution in [2.24, 2.45) is 0 Å². The standard InChI is InChI=1S/C30H27ClN3O7S2/c31-26-27(35)29(30(36)41-18-22-9-4-5-12-25(22)34(37)38)42-28(26)21-10-6-11-24(17-21)32-23-13-15-33(16-14-23)43(39,40)19-20-7-2-1-3-8-20/h1-12,17,23,32H,13-16,18-19H2. The molecule has 1 saturated heterocycles. The average molecular weight is 641 g/mol. The van der Waals surface area contributed by atoms with E-state index in [-0.39, 0.29) is 39.6 Å². The minimum absolute atomic E-state index is 0.0288. The number of sulfonamides is 1. The molecular formula is C30H27ClN3O7S2. The first-order chi connectivity index (χ1) is 20.6. The Hall–Kier alpha value is -3.97. The van der Waals surface area contributed by atoms with Crippen LogP contribution in [-0.4, -0.2) is 42.7 Å². The molecule has 10 nitrogen and oxygen atoms in total. The van der Waals surface area contributed by atoms with Gasteiger partial charge in [0.05, 0.1) is 21.1 Å². The van der Waals surface area contributed by atoms with Crippen molar-refractivity contribution in [1.29, 1.82) is 0 Å². The summed E-state index contributed by atoms with van der Waals surface area (Å²) in [7, 11) is -3.42. The van der Waals surface area contributed by atoms with Gasteiger partial charge in [-0.3, -0.25) is 15.2 Å². The highest BCUT2D eigenvalue weighted by Gasteiger charge is 2.29. The summed E-state index contributed by atoms with van der Waals surface area (Å²) in [5.74, 6) is -1.61. The van der Waals surface area contributed by atoms with Crippen LogP contribution in [0.3, 0.4) is 0 Å². The van der Waals surface area contributed by atoms with Gasteiger partial charge in [-0.2, -0.15) is 0 Å². The van der Waals surface area contributed by atoms with Gasteiger partial charge in [-0.25, -0.2) is 17.5 Å². The molecule has 0 amide bonds. The molecule has 0 bridgehead atoms. The maximum Gasteiger partial charge on any atom is 0.352 e. The Morgan fingerprint density at radius 2 is 1.74 bits per heavy atom. The number of nitrogens with zero attached hydrogens (tertiary/aromatic N) is 2. The molecule has 4 aromatic rings. The van der Waals surface area contributed by atoms with E-state index in [1.54, 1.807) is 30.3 Å². The zero-order valence-corrected chi connectivity index (χ0v) is 25.2. The fraction of sp³-hybridized carbons (Fsp3) is 0.233. The van der Waals surface area contributed by atoms with E-state index in [9.17, 15) is 28.4 Å². The predicted octanol–water partition coefficient (Wildman–Crippen LogP) is 6.88. The molecule has 1 radical (unpaired) electrons. The van der Waals surface area contributed by atoms with E-state index < -0.39 is 26.7 Å². The number of nitro benzene ring substituents is 1. The third-order valence-electron chi connectivity index (χ3n) is 7.08. The maximum absolute atomic E-state index is 12.9. The van der Waals surface area contributed by atoms with E-state index in [2.05, 4.69) is 5.32 Å². The molecule has 13 heteroatoms. The van der Waals surface area contributed by atoms with Gasteiger partial charge >= 0.3 is 5.97 Å². The summed E-state index contributed by atoms with van der Waals surface area (Å²) >= 11 is 7.25. The zero-order valence-electron chi connectivity index (χ0n) is 22.8. The molecule has 2 heterocycles. The molecule has 0 aliphatic carbocycles. The van der Waals surface area contributed by atoms with Crippen LogP contribution >= 0.6 is 22.9 Å². The largest absolute Gasteiger partial charge is 0.456 e. The van der Waals surface area contributed by atoms with Gasteiger partial charge in [-0.15, -0.1) is 11.3 Å². The Kier molecular flexibility index (Phi) is 9.31. The monoisotopic (exact) mass is 640 g/mol. The summed E-state index contributed by atoms with van der Waals surface area (Å²) in [6.07, 6.45) is 1.25. The Morgan fingerprint density at radius 3 is 2.47 bits per heavy atom. The summed E-state index contributed by atoms with van der Waals surface area (Å²) in [6.45, 7) is 0.437. The van der Waals surface area contributed by atoms with Crippen molar-refractivity contribution in [3.63, 3.8) is 0 Å². The Morgan fingerprint density at radius 1 is 1.05 bits per heavy atom.